The van der Waals surface area contributed by atoms with Crippen molar-refractivity contribution < 1.29 is 0 Å². The number of nitrogens with two attached hydrogens (primary N) is 1. The van der Waals surface area contributed by atoms with Crippen LogP contribution in [0, 0.1) is 0 Å². The molecule has 2 heterocycles. The topological polar surface area (TPSA) is 76.7 Å². The average molecular weight is 164 g/mol. The van der Waals surface area contributed by atoms with Crippen LogP contribution in [-0.2, 0) is 7.05 Å². The Hall–Kier alpha value is -1.78. The molecule has 0 aliphatic rings. The summed E-state index contributed by atoms with van der Waals surface area (Å²) >= 11 is 0. The first-order valence-electron chi connectivity index (χ1n) is 3.48. The number of nitrogen functional groups attached to an aromatic ring is 1. The average Bonchev–Trinajstić information content (AvgIpc) is 2.31. The van der Waals surface area contributed by atoms with Gasteiger partial charge >= 0.3 is 0 Å². The lowest BCUT2D eigenvalue weighted by molar-refractivity contribution is 0.939. The predicted octanol–water partition coefficient (Wildman–Crippen LogP) is -0.156. The van der Waals surface area contributed by atoms with Gasteiger partial charge in [-0.2, -0.15) is 0 Å². The second-order valence-electron chi connectivity index (χ2n) is 2.64. The summed E-state index contributed by atoms with van der Waals surface area (Å²) in [5.41, 5.74) is 6.39. The van der Waals surface area contributed by atoms with Gasteiger partial charge in [0.2, 0.25) is 0 Å². The summed E-state index contributed by atoms with van der Waals surface area (Å²) in [6.45, 7) is 0. The molecule has 2 aromatic heterocycles. The van der Waals surface area contributed by atoms with Crippen LogP contribution in [0.4, 0.5) is 5.82 Å². The standard InChI is InChI=1S/C7H8N4O/c1-11-3-9-4-2-5(8)10-7(12)6(4)11/h2-3H,1H3,(H3,8,10,12). The van der Waals surface area contributed by atoms with Crippen LogP contribution < -0.4 is 11.3 Å². The van der Waals surface area contributed by atoms with Gasteiger partial charge in [0.1, 0.15) is 11.3 Å². The van der Waals surface area contributed by atoms with Crippen LogP contribution in [0.15, 0.2) is 17.2 Å². The van der Waals surface area contributed by atoms with E-state index in [2.05, 4.69) is 9.97 Å². The molecule has 3 N–H and O–H groups in total. The molecule has 0 saturated heterocycles. The second-order valence-corrected chi connectivity index (χ2v) is 2.64. The normalized spacial score (nSPS) is 10.8. The molecule has 0 unspecified atom stereocenters. The summed E-state index contributed by atoms with van der Waals surface area (Å²) in [6.07, 6.45) is 1.58. The zero-order valence-corrected chi connectivity index (χ0v) is 6.53. The van der Waals surface area contributed by atoms with Crippen LogP contribution in [0.2, 0.25) is 0 Å². The summed E-state index contributed by atoms with van der Waals surface area (Å²) in [4.78, 5) is 17.8. The highest BCUT2D eigenvalue weighted by atomic mass is 16.1. The maximum Gasteiger partial charge on any atom is 0.275 e. The smallest absolute Gasteiger partial charge is 0.275 e. The molecular formula is C7H8N4O. The Morgan fingerprint density at radius 1 is 1.67 bits per heavy atom. The number of hydrogen-bond donors (Lipinski definition) is 2. The first-order valence-corrected chi connectivity index (χ1v) is 3.48. The number of imidazole rings is 1. The third-order valence-electron chi connectivity index (χ3n) is 1.73. The van der Waals surface area contributed by atoms with Crippen molar-refractivity contribution in [3.8, 4) is 0 Å². The Morgan fingerprint density at radius 2 is 2.42 bits per heavy atom. The van der Waals surface area contributed by atoms with E-state index in [1.165, 1.54) is 0 Å². The molecule has 0 amide bonds. The Bertz CT molecular complexity index is 482. The lowest BCUT2D eigenvalue weighted by Crippen LogP contribution is -2.10. The van der Waals surface area contributed by atoms with Gasteiger partial charge in [-0.15, -0.1) is 0 Å². The van der Waals surface area contributed by atoms with Gasteiger partial charge in [-0.1, -0.05) is 0 Å². The fourth-order valence-electron chi connectivity index (χ4n) is 1.20. The lowest BCUT2D eigenvalue weighted by atomic mass is 10.4. The number of anilines is 1. The van der Waals surface area contributed by atoms with Crippen LogP contribution in [0.1, 0.15) is 0 Å². The Balaban J connectivity index is 3.03. The first kappa shape index (κ1) is 6.90. The molecule has 0 fully saturated rings. The van der Waals surface area contributed by atoms with E-state index in [0.29, 0.717) is 16.9 Å². The molecule has 2 aromatic rings. The molecule has 5 heteroatoms. The zero-order chi connectivity index (χ0) is 8.72. The third kappa shape index (κ3) is 0.795. The minimum atomic E-state index is -0.204. The molecule has 0 bridgehead atoms. The number of aromatic amines is 1. The third-order valence-corrected chi connectivity index (χ3v) is 1.73. The number of fused-ring (bicyclic) bond motifs is 1. The summed E-state index contributed by atoms with van der Waals surface area (Å²) in [5, 5.41) is 0. The molecule has 5 nitrogen and oxygen atoms in total. The van der Waals surface area contributed by atoms with E-state index in [1.807, 2.05) is 0 Å². The highest BCUT2D eigenvalue weighted by Crippen LogP contribution is 2.07. The van der Waals surface area contributed by atoms with Gasteiger partial charge in [0, 0.05) is 13.1 Å². The van der Waals surface area contributed by atoms with Gasteiger partial charge in [0.25, 0.3) is 5.56 Å². The summed E-state index contributed by atoms with van der Waals surface area (Å²) in [6, 6.07) is 1.64. The van der Waals surface area contributed by atoms with Gasteiger partial charge in [0.15, 0.2) is 0 Å². The van der Waals surface area contributed by atoms with E-state index in [1.54, 1.807) is 24.0 Å². The molecule has 0 aliphatic heterocycles. The summed E-state index contributed by atoms with van der Waals surface area (Å²) < 4.78 is 1.66. The fraction of sp³-hybridized carbons (Fsp3) is 0.143. The minimum Gasteiger partial charge on any atom is -0.385 e. The highest BCUT2D eigenvalue weighted by molar-refractivity contribution is 5.76. The van der Waals surface area contributed by atoms with Crippen molar-refractivity contribution in [2.75, 3.05) is 5.73 Å². The number of aryl methyl sites for hydroxylation is 1. The van der Waals surface area contributed by atoms with Crippen LogP contribution >= 0.6 is 0 Å². The molecule has 0 spiro atoms. The monoisotopic (exact) mass is 164 g/mol. The number of hydrogen-bond acceptors (Lipinski definition) is 3. The fourth-order valence-corrected chi connectivity index (χ4v) is 1.20. The molecule has 0 radical (unpaired) electrons. The molecule has 12 heavy (non-hydrogen) atoms. The van der Waals surface area contributed by atoms with E-state index in [0.717, 1.165) is 0 Å². The molecule has 0 saturated carbocycles. The summed E-state index contributed by atoms with van der Waals surface area (Å²) in [7, 11) is 1.76. The SMILES string of the molecule is Cn1cnc2cc(N)[nH]c(=O)c21. The van der Waals surface area contributed by atoms with Crippen molar-refractivity contribution in [2.45, 2.75) is 0 Å². The Morgan fingerprint density at radius 3 is 3.17 bits per heavy atom. The number of H-pyrrole nitrogens is 1. The van der Waals surface area contributed by atoms with Crippen molar-refractivity contribution in [3.63, 3.8) is 0 Å². The second kappa shape index (κ2) is 2.10. The van der Waals surface area contributed by atoms with E-state index < -0.39 is 0 Å². The number of nitrogens with one attached hydrogen (secondary N) is 1. The number of aromatic nitrogens is 3. The Kier molecular flexibility index (Phi) is 1.21. The van der Waals surface area contributed by atoms with E-state index in [-0.39, 0.29) is 5.56 Å². The molecule has 0 atom stereocenters. The van der Waals surface area contributed by atoms with Crippen molar-refractivity contribution in [1.29, 1.82) is 0 Å². The van der Waals surface area contributed by atoms with E-state index in [4.69, 9.17) is 5.73 Å². The van der Waals surface area contributed by atoms with E-state index in [9.17, 15) is 4.79 Å². The maximum absolute atomic E-state index is 11.3. The van der Waals surface area contributed by atoms with Gasteiger partial charge in [-0.05, 0) is 0 Å². The van der Waals surface area contributed by atoms with Crippen LogP contribution in [0.25, 0.3) is 11.0 Å². The maximum atomic E-state index is 11.3. The van der Waals surface area contributed by atoms with Crippen LogP contribution in [-0.4, -0.2) is 14.5 Å². The van der Waals surface area contributed by atoms with Crippen molar-refractivity contribution in [3.05, 3.63) is 22.7 Å². The highest BCUT2D eigenvalue weighted by Gasteiger charge is 2.03. The van der Waals surface area contributed by atoms with Crippen molar-refractivity contribution in [1.82, 2.24) is 14.5 Å². The van der Waals surface area contributed by atoms with Gasteiger partial charge in [0.05, 0.1) is 11.8 Å². The van der Waals surface area contributed by atoms with Crippen LogP contribution in [0.3, 0.4) is 0 Å². The van der Waals surface area contributed by atoms with Gasteiger partial charge in [-0.3, -0.25) is 4.79 Å². The molecule has 62 valence electrons. The first-order chi connectivity index (χ1) is 5.68. The minimum absolute atomic E-state index is 0.204. The predicted molar refractivity (Wildman–Crippen MR) is 45.7 cm³/mol. The van der Waals surface area contributed by atoms with Crippen molar-refractivity contribution in [2.24, 2.45) is 7.05 Å². The number of nitrogens with zero attached hydrogens (tertiary/aromatic N) is 2. The Labute approximate surface area is 67.8 Å². The quantitative estimate of drug-likeness (QED) is 0.568. The van der Waals surface area contributed by atoms with Gasteiger partial charge in [-0.25, -0.2) is 4.98 Å². The lowest BCUT2D eigenvalue weighted by Gasteiger charge is -1.94. The molecule has 2 rings (SSSR count). The molecular weight excluding hydrogens is 156 g/mol. The molecule has 0 aliphatic carbocycles. The molecule has 0 aromatic carbocycles. The largest absolute Gasteiger partial charge is 0.385 e. The van der Waals surface area contributed by atoms with Crippen molar-refractivity contribution >= 4 is 16.9 Å². The van der Waals surface area contributed by atoms with E-state index >= 15 is 0 Å². The zero-order valence-electron chi connectivity index (χ0n) is 6.53. The van der Waals surface area contributed by atoms with Gasteiger partial charge < -0.3 is 15.3 Å². The number of rotatable bonds is 0. The number of pyridine rings is 1. The van der Waals surface area contributed by atoms with Crippen LogP contribution in [0.5, 0.6) is 0 Å². The summed E-state index contributed by atoms with van der Waals surface area (Å²) in [5.74, 6) is 0.339.